The van der Waals surface area contributed by atoms with Gasteiger partial charge in [0.25, 0.3) is 0 Å². The van der Waals surface area contributed by atoms with Crippen LogP contribution in [0.3, 0.4) is 0 Å². The Kier molecular flexibility index (Phi) is 4.96. The van der Waals surface area contributed by atoms with Crippen molar-refractivity contribution in [2.45, 2.75) is 48.0 Å². The molecule has 0 spiro atoms. The summed E-state index contributed by atoms with van der Waals surface area (Å²) in [6, 6.07) is 0. The lowest BCUT2D eigenvalue weighted by Crippen LogP contribution is -2.10. The van der Waals surface area contributed by atoms with Crippen LogP contribution in [-0.2, 0) is 0 Å². The Morgan fingerprint density at radius 2 is 1.86 bits per heavy atom. The Morgan fingerprint density at radius 3 is 2.14 bits per heavy atom. The normalized spacial score (nSPS) is 17.0. The van der Waals surface area contributed by atoms with E-state index in [1.165, 1.54) is 12.0 Å². The summed E-state index contributed by atoms with van der Waals surface area (Å²) in [4.78, 5) is 0. The van der Waals surface area contributed by atoms with Crippen LogP contribution in [0.4, 0.5) is 0 Å². The molecule has 0 saturated heterocycles. The fraction of sp³-hybridized carbons (Fsp3) is 0.692. The predicted octanol–water partition coefficient (Wildman–Crippen LogP) is 3.87. The maximum absolute atomic E-state index is 5.73. The summed E-state index contributed by atoms with van der Waals surface area (Å²) in [6.07, 6.45) is 5.60. The van der Waals surface area contributed by atoms with Crippen molar-refractivity contribution in [3.63, 3.8) is 0 Å². The van der Waals surface area contributed by atoms with Gasteiger partial charge in [-0.3, -0.25) is 0 Å². The number of hydrogen-bond acceptors (Lipinski definition) is 1. The van der Waals surface area contributed by atoms with Gasteiger partial charge >= 0.3 is 0 Å². The van der Waals surface area contributed by atoms with Crippen molar-refractivity contribution in [2.75, 3.05) is 0 Å². The molecular weight excluding hydrogens is 170 g/mol. The van der Waals surface area contributed by atoms with Gasteiger partial charge in [-0.2, -0.15) is 0 Å². The van der Waals surface area contributed by atoms with Gasteiger partial charge in [0.2, 0.25) is 0 Å². The Bertz CT molecular complexity index is 224. The molecule has 0 rings (SSSR count). The monoisotopic (exact) mass is 195 g/mol. The molecule has 1 atom stereocenters. The minimum atomic E-state index is 0.185. The minimum absolute atomic E-state index is 0.185. The van der Waals surface area contributed by atoms with Crippen molar-refractivity contribution in [3.8, 4) is 0 Å². The molecule has 0 radical (unpaired) electrons. The van der Waals surface area contributed by atoms with Crippen molar-refractivity contribution in [2.24, 2.45) is 17.1 Å². The molecule has 1 unspecified atom stereocenters. The lowest BCUT2D eigenvalue weighted by atomic mass is 9.83. The quantitative estimate of drug-likeness (QED) is 0.680. The first-order valence-corrected chi connectivity index (χ1v) is 5.43. The summed E-state index contributed by atoms with van der Waals surface area (Å²) in [5.74, 6) is 0.625. The molecule has 0 aromatic carbocycles. The van der Waals surface area contributed by atoms with E-state index < -0.39 is 0 Å². The molecule has 1 nitrogen and oxygen atoms in total. The van der Waals surface area contributed by atoms with Crippen LogP contribution in [0.1, 0.15) is 48.0 Å². The minimum Gasteiger partial charge on any atom is -0.402 e. The summed E-state index contributed by atoms with van der Waals surface area (Å²) < 4.78 is 0. The highest BCUT2D eigenvalue weighted by atomic mass is 14.5. The lowest BCUT2D eigenvalue weighted by molar-refractivity contribution is 0.507. The van der Waals surface area contributed by atoms with Crippen LogP contribution < -0.4 is 5.73 Å². The SMILES string of the molecule is CCC(C)/C=C(\C=C(\C)N)C(C)(C)C. The van der Waals surface area contributed by atoms with Gasteiger partial charge in [0.15, 0.2) is 0 Å². The third-order valence-corrected chi connectivity index (χ3v) is 2.36. The Morgan fingerprint density at radius 1 is 1.36 bits per heavy atom. The van der Waals surface area contributed by atoms with Crippen LogP contribution in [0.2, 0.25) is 0 Å². The van der Waals surface area contributed by atoms with Crippen LogP contribution in [0.15, 0.2) is 23.4 Å². The van der Waals surface area contributed by atoms with Gasteiger partial charge in [-0.25, -0.2) is 0 Å². The van der Waals surface area contributed by atoms with E-state index in [9.17, 15) is 0 Å². The second kappa shape index (κ2) is 5.23. The van der Waals surface area contributed by atoms with E-state index >= 15 is 0 Å². The third kappa shape index (κ3) is 5.11. The second-order valence-corrected chi connectivity index (χ2v) is 5.15. The highest BCUT2D eigenvalue weighted by Gasteiger charge is 2.15. The molecule has 0 heterocycles. The summed E-state index contributed by atoms with van der Waals surface area (Å²) >= 11 is 0. The van der Waals surface area contributed by atoms with Crippen molar-refractivity contribution in [3.05, 3.63) is 23.4 Å². The zero-order chi connectivity index (χ0) is 11.4. The first kappa shape index (κ1) is 13.3. The van der Waals surface area contributed by atoms with Gasteiger partial charge in [0.05, 0.1) is 0 Å². The zero-order valence-electron chi connectivity index (χ0n) is 10.5. The van der Waals surface area contributed by atoms with E-state index in [0.717, 1.165) is 5.70 Å². The molecule has 0 aliphatic carbocycles. The standard InChI is InChI=1S/C13H25N/c1-7-10(2)8-12(9-11(3)14)13(4,5)6/h8-10H,7,14H2,1-6H3/b11-9-,12-8+. The topological polar surface area (TPSA) is 26.0 Å². The van der Waals surface area contributed by atoms with Crippen LogP contribution in [0.25, 0.3) is 0 Å². The smallest absolute Gasteiger partial charge is 0.00517 e. The molecule has 0 saturated carbocycles. The van der Waals surface area contributed by atoms with Crippen molar-refractivity contribution >= 4 is 0 Å². The zero-order valence-corrected chi connectivity index (χ0v) is 10.5. The molecule has 0 bridgehead atoms. The summed E-state index contributed by atoms with van der Waals surface area (Å²) in [6.45, 7) is 13.1. The molecule has 0 amide bonds. The van der Waals surface area contributed by atoms with Gasteiger partial charge in [-0.05, 0) is 29.9 Å². The molecular formula is C13H25N. The maximum Gasteiger partial charge on any atom is 0.00517 e. The van der Waals surface area contributed by atoms with Gasteiger partial charge in [-0.15, -0.1) is 0 Å². The van der Waals surface area contributed by atoms with Gasteiger partial charge in [0.1, 0.15) is 0 Å². The van der Waals surface area contributed by atoms with Crippen molar-refractivity contribution < 1.29 is 0 Å². The Hall–Kier alpha value is -0.720. The van der Waals surface area contributed by atoms with Crippen molar-refractivity contribution in [1.82, 2.24) is 0 Å². The van der Waals surface area contributed by atoms with E-state index in [1.54, 1.807) is 0 Å². The predicted molar refractivity (Wildman–Crippen MR) is 64.9 cm³/mol. The summed E-state index contributed by atoms with van der Waals surface area (Å²) in [7, 11) is 0. The molecule has 82 valence electrons. The van der Waals surface area contributed by atoms with Crippen LogP contribution in [-0.4, -0.2) is 0 Å². The van der Waals surface area contributed by atoms with Gasteiger partial charge in [-0.1, -0.05) is 47.1 Å². The Balaban J connectivity index is 4.92. The average molecular weight is 195 g/mol. The molecule has 0 fully saturated rings. The van der Waals surface area contributed by atoms with E-state index in [4.69, 9.17) is 5.73 Å². The number of hydrogen-bond donors (Lipinski definition) is 1. The molecule has 14 heavy (non-hydrogen) atoms. The van der Waals surface area contributed by atoms with Crippen LogP contribution in [0.5, 0.6) is 0 Å². The van der Waals surface area contributed by atoms with Gasteiger partial charge in [0, 0.05) is 5.70 Å². The first-order valence-electron chi connectivity index (χ1n) is 5.43. The number of nitrogens with two attached hydrogens (primary N) is 1. The van der Waals surface area contributed by atoms with E-state index in [2.05, 4.69) is 46.8 Å². The van der Waals surface area contributed by atoms with Gasteiger partial charge < -0.3 is 5.73 Å². The molecule has 0 aromatic heterocycles. The molecule has 0 aromatic rings. The highest BCUT2D eigenvalue weighted by molar-refractivity contribution is 5.27. The number of allylic oxidation sites excluding steroid dienone is 4. The lowest BCUT2D eigenvalue weighted by Gasteiger charge is -2.22. The molecule has 0 aliphatic rings. The Labute approximate surface area is 89.1 Å². The fourth-order valence-electron chi connectivity index (χ4n) is 1.18. The first-order chi connectivity index (χ1) is 6.27. The van der Waals surface area contributed by atoms with Crippen LogP contribution >= 0.6 is 0 Å². The third-order valence-electron chi connectivity index (χ3n) is 2.36. The van der Waals surface area contributed by atoms with E-state index in [1.807, 2.05) is 6.92 Å². The molecule has 2 N–H and O–H groups in total. The average Bonchev–Trinajstić information content (AvgIpc) is 2.00. The number of rotatable bonds is 3. The summed E-state index contributed by atoms with van der Waals surface area (Å²) in [5, 5.41) is 0. The largest absolute Gasteiger partial charge is 0.402 e. The molecule has 0 aliphatic heterocycles. The van der Waals surface area contributed by atoms with Crippen molar-refractivity contribution in [1.29, 1.82) is 0 Å². The highest BCUT2D eigenvalue weighted by Crippen LogP contribution is 2.28. The van der Waals surface area contributed by atoms with E-state index in [0.29, 0.717) is 5.92 Å². The van der Waals surface area contributed by atoms with Crippen LogP contribution in [0, 0.1) is 11.3 Å². The second-order valence-electron chi connectivity index (χ2n) is 5.15. The molecule has 1 heteroatoms. The van der Waals surface area contributed by atoms with E-state index in [-0.39, 0.29) is 5.41 Å². The maximum atomic E-state index is 5.73. The fourth-order valence-corrected chi connectivity index (χ4v) is 1.18. The summed E-state index contributed by atoms with van der Waals surface area (Å²) in [5.41, 5.74) is 8.14.